The lowest BCUT2D eigenvalue weighted by atomic mass is 10.1. The Morgan fingerprint density at radius 3 is 2.73 bits per heavy atom. The van der Waals surface area contributed by atoms with E-state index in [2.05, 4.69) is 21.3 Å². The van der Waals surface area contributed by atoms with Gasteiger partial charge in [0.25, 0.3) is 0 Å². The Balaban J connectivity index is 1.28. The number of imidazole rings is 1. The van der Waals surface area contributed by atoms with Crippen molar-refractivity contribution in [3.05, 3.63) is 70.6 Å². The van der Waals surface area contributed by atoms with Crippen LogP contribution in [0.1, 0.15) is 23.2 Å². The average Bonchev–Trinajstić information content (AvgIpc) is 3.01. The monoisotopic (exact) mass is 422 g/mol. The van der Waals surface area contributed by atoms with Crippen LogP contribution in [-0.2, 0) is 13.1 Å². The van der Waals surface area contributed by atoms with Crippen molar-refractivity contribution in [3.8, 4) is 6.07 Å². The summed E-state index contributed by atoms with van der Waals surface area (Å²) in [6.45, 7) is 4.38. The number of nitrogens with zero attached hydrogens (tertiary/aromatic N) is 5. The molecule has 0 atom stereocenters. The van der Waals surface area contributed by atoms with Crippen LogP contribution in [0.2, 0.25) is 5.02 Å². The zero-order valence-corrected chi connectivity index (χ0v) is 17.3. The maximum atomic E-state index is 12.6. The van der Waals surface area contributed by atoms with Crippen LogP contribution < -0.4 is 5.32 Å². The van der Waals surface area contributed by atoms with Gasteiger partial charge in [-0.3, -0.25) is 4.90 Å². The van der Waals surface area contributed by atoms with Gasteiger partial charge < -0.3 is 14.6 Å². The lowest BCUT2D eigenvalue weighted by Crippen LogP contribution is -2.41. The predicted octanol–water partition coefficient (Wildman–Crippen LogP) is 3.28. The molecule has 2 amide bonds. The Morgan fingerprint density at radius 1 is 1.10 bits per heavy atom. The molecule has 1 aliphatic heterocycles. The highest BCUT2D eigenvalue weighted by Crippen LogP contribution is 2.13. The highest BCUT2D eigenvalue weighted by Gasteiger charge is 2.19. The van der Waals surface area contributed by atoms with Crippen molar-refractivity contribution in [2.45, 2.75) is 19.5 Å². The van der Waals surface area contributed by atoms with E-state index in [-0.39, 0.29) is 6.03 Å². The number of rotatable bonds is 4. The molecule has 3 heterocycles. The average molecular weight is 423 g/mol. The highest BCUT2D eigenvalue weighted by molar-refractivity contribution is 6.30. The van der Waals surface area contributed by atoms with E-state index in [0.717, 1.165) is 43.9 Å². The van der Waals surface area contributed by atoms with Gasteiger partial charge in [0.05, 0.1) is 28.9 Å². The molecule has 0 aliphatic carbocycles. The molecule has 1 fully saturated rings. The van der Waals surface area contributed by atoms with E-state index in [1.807, 2.05) is 45.8 Å². The van der Waals surface area contributed by atoms with E-state index in [0.29, 0.717) is 23.7 Å². The molecule has 2 aromatic heterocycles. The van der Waals surface area contributed by atoms with Crippen molar-refractivity contribution < 1.29 is 4.79 Å². The molecule has 0 saturated carbocycles. The Morgan fingerprint density at radius 2 is 1.93 bits per heavy atom. The molecule has 0 radical (unpaired) electrons. The maximum Gasteiger partial charge on any atom is 0.317 e. The first kappa shape index (κ1) is 20.2. The number of hydrogen-bond acceptors (Lipinski definition) is 4. The Hall–Kier alpha value is -3.08. The zero-order chi connectivity index (χ0) is 20.9. The summed E-state index contributed by atoms with van der Waals surface area (Å²) in [6, 6.07) is 13.4. The number of benzene rings is 1. The van der Waals surface area contributed by atoms with Gasteiger partial charge in [0.1, 0.15) is 5.65 Å². The van der Waals surface area contributed by atoms with Crippen molar-refractivity contribution in [1.82, 2.24) is 24.5 Å². The Labute approximate surface area is 180 Å². The lowest BCUT2D eigenvalue weighted by molar-refractivity contribution is 0.197. The van der Waals surface area contributed by atoms with E-state index in [4.69, 9.17) is 16.9 Å². The molecule has 0 bridgehead atoms. The Kier molecular flexibility index (Phi) is 6.17. The minimum absolute atomic E-state index is 0.0645. The molecular weight excluding hydrogens is 400 g/mol. The minimum atomic E-state index is -0.0645. The van der Waals surface area contributed by atoms with Crippen LogP contribution in [0, 0.1) is 11.3 Å². The van der Waals surface area contributed by atoms with Gasteiger partial charge in [-0.05, 0) is 36.2 Å². The summed E-state index contributed by atoms with van der Waals surface area (Å²) in [5, 5.41) is 12.5. The maximum absolute atomic E-state index is 12.6. The quantitative estimate of drug-likeness (QED) is 0.700. The van der Waals surface area contributed by atoms with Gasteiger partial charge >= 0.3 is 6.03 Å². The van der Waals surface area contributed by atoms with Crippen LogP contribution in [0.5, 0.6) is 0 Å². The second-order valence-corrected chi connectivity index (χ2v) is 7.87. The number of nitriles is 1. The summed E-state index contributed by atoms with van der Waals surface area (Å²) < 4.78 is 1.86. The standard InChI is InChI=1S/C22H23ClN6O/c23-19-6-7-21-26-20(16-29(21)15-19)13-25-22(30)28-9-1-8-27(10-11-28)14-18-4-2-17(12-24)3-5-18/h2-7,15-16H,1,8-11,13-14H2,(H,25,30). The van der Waals surface area contributed by atoms with Crippen LogP contribution >= 0.6 is 11.6 Å². The number of nitrogens with one attached hydrogen (secondary N) is 1. The molecule has 1 aliphatic rings. The summed E-state index contributed by atoms with van der Waals surface area (Å²) in [5.41, 5.74) is 3.45. The van der Waals surface area contributed by atoms with Gasteiger partial charge in [-0.15, -0.1) is 0 Å². The smallest absolute Gasteiger partial charge is 0.317 e. The minimum Gasteiger partial charge on any atom is -0.332 e. The van der Waals surface area contributed by atoms with Gasteiger partial charge in [0.15, 0.2) is 0 Å². The van der Waals surface area contributed by atoms with Crippen LogP contribution in [-0.4, -0.2) is 51.4 Å². The number of hydrogen-bond donors (Lipinski definition) is 1. The molecule has 0 spiro atoms. The number of halogens is 1. The van der Waals surface area contributed by atoms with Crippen molar-refractivity contribution >= 4 is 23.3 Å². The van der Waals surface area contributed by atoms with E-state index in [1.165, 1.54) is 5.56 Å². The van der Waals surface area contributed by atoms with Gasteiger partial charge in [0.2, 0.25) is 0 Å². The summed E-state index contributed by atoms with van der Waals surface area (Å²) in [5.74, 6) is 0. The van der Waals surface area contributed by atoms with Gasteiger partial charge in [-0.25, -0.2) is 9.78 Å². The van der Waals surface area contributed by atoms with Crippen molar-refractivity contribution in [2.75, 3.05) is 26.2 Å². The van der Waals surface area contributed by atoms with E-state index in [1.54, 1.807) is 12.3 Å². The summed E-state index contributed by atoms with van der Waals surface area (Å²) in [4.78, 5) is 21.4. The fraction of sp³-hybridized carbons (Fsp3) is 0.318. The van der Waals surface area contributed by atoms with Gasteiger partial charge in [-0.2, -0.15) is 5.26 Å². The number of urea groups is 1. The first-order valence-electron chi connectivity index (χ1n) is 9.98. The predicted molar refractivity (Wildman–Crippen MR) is 115 cm³/mol. The van der Waals surface area contributed by atoms with E-state index < -0.39 is 0 Å². The molecule has 154 valence electrons. The summed E-state index contributed by atoms with van der Waals surface area (Å²) in [7, 11) is 0. The molecule has 30 heavy (non-hydrogen) atoms. The number of carbonyl (C=O) groups is 1. The normalized spacial score (nSPS) is 15.0. The van der Waals surface area contributed by atoms with Crippen LogP contribution in [0.15, 0.2) is 48.8 Å². The van der Waals surface area contributed by atoms with E-state index >= 15 is 0 Å². The number of amides is 2. The summed E-state index contributed by atoms with van der Waals surface area (Å²) >= 11 is 6.01. The topological polar surface area (TPSA) is 76.7 Å². The van der Waals surface area contributed by atoms with Crippen LogP contribution in [0.4, 0.5) is 4.79 Å². The van der Waals surface area contributed by atoms with Crippen molar-refractivity contribution in [3.63, 3.8) is 0 Å². The number of carbonyl (C=O) groups excluding carboxylic acids is 1. The summed E-state index contributed by atoms with van der Waals surface area (Å²) in [6.07, 6.45) is 4.60. The first-order chi connectivity index (χ1) is 14.6. The molecular formula is C22H23ClN6O. The fourth-order valence-electron chi connectivity index (χ4n) is 3.66. The van der Waals surface area contributed by atoms with Crippen molar-refractivity contribution in [2.24, 2.45) is 0 Å². The molecule has 0 unspecified atom stereocenters. The molecule has 4 rings (SSSR count). The third-order valence-corrected chi connectivity index (χ3v) is 5.47. The second-order valence-electron chi connectivity index (χ2n) is 7.43. The zero-order valence-electron chi connectivity index (χ0n) is 16.6. The molecule has 3 aromatic rings. The first-order valence-corrected chi connectivity index (χ1v) is 10.4. The van der Waals surface area contributed by atoms with Gasteiger partial charge in [-0.1, -0.05) is 23.7 Å². The van der Waals surface area contributed by atoms with E-state index in [9.17, 15) is 4.79 Å². The molecule has 1 aromatic carbocycles. The lowest BCUT2D eigenvalue weighted by Gasteiger charge is -2.22. The fourth-order valence-corrected chi connectivity index (χ4v) is 3.82. The molecule has 8 heteroatoms. The van der Waals surface area contributed by atoms with Crippen molar-refractivity contribution in [1.29, 1.82) is 5.26 Å². The second kappa shape index (κ2) is 9.16. The molecule has 7 nitrogen and oxygen atoms in total. The molecule has 1 saturated heterocycles. The van der Waals surface area contributed by atoms with Crippen LogP contribution in [0.25, 0.3) is 5.65 Å². The van der Waals surface area contributed by atoms with Gasteiger partial charge in [0, 0.05) is 45.1 Å². The number of aromatic nitrogens is 2. The number of pyridine rings is 1. The number of fused-ring (bicyclic) bond motifs is 1. The molecule has 1 N–H and O–H groups in total. The third-order valence-electron chi connectivity index (χ3n) is 5.25. The highest BCUT2D eigenvalue weighted by atomic mass is 35.5. The largest absolute Gasteiger partial charge is 0.332 e. The third kappa shape index (κ3) is 4.90. The van der Waals surface area contributed by atoms with Crippen LogP contribution in [0.3, 0.4) is 0 Å². The Bertz CT molecular complexity index is 1070. The SMILES string of the molecule is N#Cc1ccc(CN2CCCN(C(=O)NCc3cn4cc(Cl)ccc4n3)CC2)cc1.